The molecule has 0 saturated carbocycles. The van der Waals surface area contributed by atoms with Gasteiger partial charge >= 0.3 is 6.01 Å². The molecule has 4 rings (SSSR count). The molecule has 2 heterocycles. The standard InChI is InChI=1S/C22H21ClN4O4/c23-17-8-6-15(7-9-17)20-24-22(31-26-20)25-21(29)16-10-12-27(13-11-16)19(28)14-30-18-4-2-1-3-5-18/h1-9,16H,10-14H2,(H,24,25,26,29). The number of nitrogens with zero attached hydrogens (tertiary/aromatic N) is 3. The minimum atomic E-state index is -0.232. The molecular formula is C22H21ClN4O4. The number of carbonyl (C=O) groups is 2. The Morgan fingerprint density at radius 2 is 1.81 bits per heavy atom. The summed E-state index contributed by atoms with van der Waals surface area (Å²) in [4.78, 5) is 30.8. The molecule has 1 aliphatic rings. The number of likely N-dealkylation sites (tertiary alicyclic amines) is 1. The van der Waals surface area contributed by atoms with Crippen LogP contribution in [0.5, 0.6) is 5.75 Å². The van der Waals surface area contributed by atoms with Gasteiger partial charge in [0.25, 0.3) is 5.91 Å². The largest absolute Gasteiger partial charge is 0.484 e. The molecule has 31 heavy (non-hydrogen) atoms. The second-order valence-electron chi connectivity index (χ2n) is 7.18. The van der Waals surface area contributed by atoms with Gasteiger partial charge in [0.1, 0.15) is 5.75 Å². The van der Waals surface area contributed by atoms with Crippen molar-refractivity contribution < 1.29 is 18.8 Å². The average molecular weight is 441 g/mol. The first kappa shape index (κ1) is 20.9. The van der Waals surface area contributed by atoms with Gasteiger partial charge in [0.05, 0.1) is 0 Å². The third-order valence-corrected chi connectivity index (χ3v) is 5.33. The van der Waals surface area contributed by atoms with Gasteiger partial charge in [-0.15, -0.1) is 0 Å². The third-order valence-electron chi connectivity index (χ3n) is 5.08. The third kappa shape index (κ3) is 5.40. The summed E-state index contributed by atoms with van der Waals surface area (Å²) in [6.45, 7) is 0.972. The molecule has 1 aromatic heterocycles. The molecule has 0 spiro atoms. The van der Waals surface area contributed by atoms with E-state index in [0.717, 1.165) is 5.56 Å². The van der Waals surface area contributed by atoms with Gasteiger partial charge in [-0.2, -0.15) is 4.98 Å². The van der Waals surface area contributed by atoms with Gasteiger partial charge in [0.2, 0.25) is 11.7 Å². The van der Waals surface area contributed by atoms with Crippen LogP contribution in [0.2, 0.25) is 5.02 Å². The van der Waals surface area contributed by atoms with Crippen LogP contribution in [-0.2, 0) is 9.59 Å². The maximum atomic E-state index is 12.6. The zero-order chi connectivity index (χ0) is 21.6. The van der Waals surface area contributed by atoms with E-state index in [-0.39, 0.29) is 30.4 Å². The fraction of sp³-hybridized carbons (Fsp3) is 0.273. The van der Waals surface area contributed by atoms with E-state index in [1.165, 1.54) is 0 Å². The molecule has 1 N–H and O–H groups in total. The summed E-state index contributed by atoms with van der Waals surface area (Å²) in [6, 6.07) is 16.2. The van der Waals surface area contributed by atoms with E-state index in [4.69, 9.17) is 20.9 Å². The van der Waals surface area contributed by atoms with E-state index >= 15 is 0 Å². The molecule has 0 aliphatic carbocycles. The number of halogens is 1. The number of hydrogen-bond donors (Lipinski definition) is 1. The molecule has 0 bridgehead atoms. The summed E-state index contributed by atoms with van der Waals surface area (Å²) < 4.78 is 10.7. The number of amides is 2. The number of piperidine rings is 1. The van der Waals surface area contributed by atoms with Crippen molar-refractivity contribution in [1.29, 1.82) is 0 Å². The summed E-state index contributed by atoms with van der Waals surface area (Å²) >= 11 is 5.88. The quantitative estimate of drug-likeness (QED) is 0.628. The molecule has 1 fully saturated rings. The smallest absolute Gasteiger partial charge is 0.328 e. The van der Waals surface area contributed by atoms with Crippen LogP contribution in [0.15, 0.2) is 59.1 Å². The highest BCUT2D eigenvalue weighted by atomic mass is 35.5. The highest BCUT2D eigenvalue weighted by Crippen LogP contribution is 2.22. The maximum Gasteiger partial charge on any atom is 0.328 e. The molecule has 0 radical (unpaired) electrons. The van der Waals surface area contributed by atoms with Crippen molar-refractivity contribution in [3.8, 4) is 17.1 Å². The molecule has 1 saturated heterocycles. The van der Waals surface area contributed by atoms with E-state index in [0.29, 0.717) is 42.5 Å². The fourth-order valence-corrected chi connectivity index (χ4v) is 3.47. The van der Waals surface area contributed by atoms with Gasteiger partial charge in [0.15, 0.2) is 6.61 Å². The Hall–Kier alpha value is -3.39. The Labute approximate surface area is 184 Å². The fourth-order valence-electron chi connectivity index (χ4n) is 3.34. The highest BCUT2D eigenvalue weighted by Gasteiger charge is 2.28. The van der Waals surface area contributed by atoms with Crippen LogP contribution in [-0.4, -0.2) is 46.6 Å². The molecule has 2 aromatic carbocycles. The summed E-state index contributed by atoms with van der Waals surface area (Å²) in [6.07, 6.45) is 1.11. The number of anilines is 1. The zero-order valence-electron chi connectivity index (χ0n) is 16.7. The van der Waals surface area contributed by atoms with Gasteiger partial charge in [-0.25, -0.2) is 0 Å². The van der Waals surface area contributed by atoms with Crippen molar-refractivity contribution in [2.75, 3.05) is 25.0 Å². The Morgan fingerprint density at radius 1 is 1.10 bits per heavy atom. The number of nitrogens with one attached hydrogen (secondary N) is 1. The van der Waals surface area contributed by atoms with E-state index in [2.05, 4.69) is 15.5 Å². The molecule has 3 aromatic rings. The van der Waals surface area contributed by atoms with Crippen LogP contribution in [0.25, 0.3) is 11.4 Å². The summed E-state index contributed by atoms with van der Waals surface area (Å²) in [5, 5.41) is 7.16. The monoisotopic (exact) mass is 440 g/mol. The molecule has 2 amide bonds. The lowest BCUT2D eigenvalue weighted by Crippen LogP contribution is -2.43. The van der Waals surface area contributed by atoms with Crippen LogP contribution < -0.4 is 10.1 Å². The average Bonchev–Trinajstić information content (AvgIpc) is 3.27. The summed E-state index contributed by atoms with van der Waals surface area (Å²) in [7, 11) is 0. The molecule has 1 aliphatic heterocycles. The molecule has 8 nitrogen and oxygen atoms in total. The maximum absolute atomic E-state index is 12.6. The van der Waals surface area contributed by atoms with Crippen molar-refractivity contribution in [3.63, 3.8) is 0 Å². The lowest BCUT2D eigenvalue weighted by Gasteiger charge is -2.31. The first-order chi connectivity index (χ1) is 15.1. The van der Waals surface area contributed by atoms with Crippen LogP contribution in [0.3, 0.4) is 0 Å². The van der Waals surface area contributed by atoms with Gasteiger partial charge in [-0.1, -0.05) is 35.0 Å². The number of rotatable bonds is 6. The van der Waals surface area contributed by atoms with E-state index in [1.807, 2.05) is 18.2 Å². The second kappa shape index (κ2) is 9.61. The zero-order valence-corrected chi connectivity index (χ0v) is 17.4. The lowest BCUT2D eigenvalue weighted by molar-refractivity contribution is -0.136. The lowest BCUT2D eigenvalue weighted by atomic mass is 9.96. The van der Waals surface area contributed by atoms with Crippen LogP contribution in [0, 0.1) is 5.92 Å². The highest BCUT2D eigenvalue weighted by molar-refractivity contribution is 6.30. The molecule has 0 unspecified atom stereocenters. The van der Waals surface area contributed by atoms with Crippen molar-refractivity contribution in [2.45, 2.75) is 12.8 Å². The Balaban J connectivity index is 1.25. The van der Waals surface area contributed by atoms with Crippen LogP contribution >= 0.6 is 11.6 Å². The number of benzene rings is 2. The first-order valence-electron chi connectivity index (χ1n) is 9.94. The normalized spacial score (nSPS) is 14.3. The summed E-state index contributed by atoms with van der Waals surface area (Å²) in [5.41, 5.74) is 0.734. The Bertz CT molecular complexity index is 1030. The van der Waals surface area contributed by atoms with E-state index < -0.39 is 0 Å². The minimum absolute atomic E-state index is 0.0175. The van der Waals surface area contributed by atoms with Gasteiger partial charge in [0, 0.05) is 29.6 Å². The van der Waals surface area contributed by atoms with E-state index in [9.17, 15) is 9.59 Å². The van der Waals surface area contributed by atoms with Crippen LogP contribution in [0.4, 0.5) is 6.01 Å². The topological polar surface area (TPSA) is 97.6 Å². The number of carbonyl (C=O) groups excluding carboxylic acids is 2. The van der Waals surface area contributed by atoms with Crippen molar-refractivity contribution in [3.05, 3.63) is 59.6 Å². The SMILES string of the molecule is O=C(Nc1nc(-c2ccc(Cl)cc2)no1)C1CCN(C(=O)COc2ccccc2)CC1. The first-order valence-corrected chi connectivity index (χ1v) is 10.3. The second-order valence-corrected chi connectivity index (χ2v) is 7.61. The van der Waals surface area contributed by atoms with Gasteiger partial charge < -0.3 is 14.2 Å². The Morgan fingerprint density at radius 3 is 2.52 bits per heavy atom. The van der Waals surface area contributed by atoms with Crippen molar-refractivity contribution in [1.82, 2.24) is 15.0 Å². The predicted octanol–water partition coefficient (Wildman–Crippen LogP) is 3.65. The molecule has 0 atom stereocenters. The molecular weight excluding hydrogens is 420 g/mol. The van der Waals surface area contributed by atoms with Gasteiger partial charge in [-0.3, -0.25) is 14.9 Å². The number of para-hydroxylation sites is 1. The van der Waals surface area contributed by atoms with Gasteiger partial charge in [-0.05, 0) is 49.2 Å². The summed E-state index contributed by atoms with van der Waals surface area (Å²) in [5.74, 6) is 0.504. The van der Waals surface area contributed by atoms with E-state index in [1.54, 1.807) is 41.3 Å². The van der Waals surface area contributed by atoms with Crippen molar-refractivity contribution >= 4 is 29.4 Å². The molecule has 9 heteroatoms. The number of ether oxygens (including phenoxy) is 1. The minimum Gasteiger partial charge on any atom is -0.484 e. The molecule has 160 valence electrons. The number of hydrogen-bond acceptors (Lipinski definition) is 6. The van der Waals surface area contributed by atoms with Crippen molar-refractivity contribution in [2.24, 2.45) is 5.92 Å². The van der Waals surface area contributed by atoms with Crippen LogP contribution in [0.1, 0.15) is 12.8 Å². The Kier molecular flexibility index (Phi) is 6.47. The number of aromatic nitrogens is 2. The predicted molar refractivity (Wildman–Crippen MR) is 115 cm³/mol.